The molecule has 0 unspecified atom stereocenters. The van der Waals surface area contributed by atoms with Crippen LogP contribution in [0.2, 0.25) is 0 Å². The summed E-state index contributed by atoms with van der Waals surface area (Å²) >= 11 is 1.41. The zero-order valence-electron chi connectivity index (χ0n) is 31.1. The number of aliphatic carboxylic acids is 1. The third-order valence-corrected chi connectivity index (χ3v) is 11.1. The van der Waals surface area contributed by atoms with Crippen LogP contribution in [-0.2, 0) is 4.79 Å². The van der Waals surface area contributed by atoms with E-state index in [2.05, 4.69) is 107 Å². The largest absolute Gasteiger partial charge is 0.477 e. The number of rotatable bonds is 8. The molecule has 0 amide bonds. The molecule has 5 nitrogen and oxygen atoms in total. The number of anilines is 6. The summed E-state index contributed by atoms with van der Waals surface area (Å²) in [6.07, 6.45) is 1.49. The minimum absolute atomic E-state index is 0.341. The summed E-state index contributed by atoms with van der Waals surface area (Å²) in [7, 11) is 0. The molecule has 0 aliphatic carbocycles. The molecule has 1 aromatic heterocycles. The van der Waals surface area contributed by atoms with E-state index < -0.39 is 5.97 Å². The van der Waals surface area contributed by atoms with Crippen molar-refractivity contribution in [2.45, 2.75) is 0 Å². The normalized spacial score (nSPS) is 11.2. The highest BCUT2D eigenvalue weighted by Gasteiger charge is 2.22. The summed E-state index contributed by atoms with van der Waals surface area (Å²) < 4.78 is 0. The van der Waals surface area contributed by atoms with Gasteiger partial charge in [-0.15, -0.1) is 11.3 Å². The predicted octanol–water partition coefficient (Wildman–Crippen LogP) is 13.5. The highest BCUT2D eigenvalue weighted by molar-refractivity contribution is 7.15. The van der Waals surface area contributed by atoms with Crippen LogP contribution in [0.25, 0.3) is 38.4 Å². The lowest BCUT2D eigenvalue weighted by Gasteiger charge is -2.27. The Morgan fingerprint density at radius 3 is 1.33 bits per heavy atom. The van der Waals surface area contributed by atoms with E-state index in [9.17, 15) is 15.2 Å². The van der Waals surface area contributed by atoms with E-state index in [1.807, 2.05) is 109 Å². The van der Waals surface area contributed by atoms with E-state index in [0.717, 1.165) is 76.9 Å². The van der Waals surface area contributed by atoms with E-state index in [1.54, 1.807) is 0 Å². The van der Waals surface area contributed by atoms with E-state index in [0.29, 0.717) is 4.88 Å². The van der Waals surface area contributed by atoms with Gasteiger partial charge in [0.25, 0.3) is 0 Å². The first-order chi connectivity index (χ1) is 28.6. The maximum absolute atomic E-state index is 12.3. The second-order valence-electron chi connectivity index (χ2n) is 13.6. The van der Waals surface area contributed by atoms with Crippen molar-refractivity contribution in [3.63, 3.8) is 0 Å². The fraction of sp³-hybridized carbons (Fsp3) is 0. The van der Waals surface area contributed by atoms with Crippen molar-refractivity contribution in [2.24, 2.45) is 0 Å². The quantitative estimate of drug-likeness (QED) is 0.0722. The van der Waals surface area contributed by atoms with Gasteiger partial charge in [-0.25, -0.2) is 4.79 Å². The predicted molar refractivity (Wildman–Crippen MR) is 240 cm³/mol. The molecule has 9 rings (SSSR count). The lowest BCUT2D eigenvalue weighted by atomic mass is 9.93. The number of nitriles is 1. The van der Waals surface area contributed by atoms with Gasteiger partial charge in [-0.1, -0.05) is 109 Å². The summed E-state index contributed by atoms with van der Waals surface area (Å²) in [6, 6.07) is 65.9. The monoisotopic (exact) mass is 763 g/mol. The molecular weight excluding hydrogens is 731 g/mol. The van der Waals surface area contributed by atoms with E-state index >= 15 is 0 Å². The lowest BCUT2D eigenvalue weighted by Crippen LogP contribution is -2.10. The Morgan fingerprint density at radius 2 is 0.914 bits per heavy atom. The molecule has 9 aromatic rings. The number of para-hydroxylation sites is 4. The molecule has 0 fully saturated rings. The number of thiophene rings is 1. The van der Waals surface area contributed by atoms with Crippen LogP contribution in [0.4, 0.5) is 34.1 Å². The number of nitrogens with zero attached hydrogens (tertiary/aromatic N) is 3. The van der Waals surface area contributed by atoms with Crippen LogP contribution >= 0.6 is 11.3 Å². The van der Waals surface area contributed by atoms with Gasteiger partial charge in [0.2, 0.25) is 0 Å². The summed E-state index contributed by atoms with van der Waals surface area (Å²) in [4.78, 5) is 18.2. The van der Waals surface area contributed by atoms with Gasteiger partial charge in [-0.3, -0.25) is 0 Å². The van der Waals surface area contributed by atoms with Crippen molar-refractivity contribution < 1.29 is 9.90 Å². The molecule has 0 aliphatic rings. The first-order valence-electron chi connectivity index (χ1n) is 18.8. The lowest BCUT2D eigenvalue weighted by molar-refractivity contribution is -0.132. The molecule has 8 aromatic carbocycles. The molecule has 274 valence electrons. The summed E-state index contributed by atoms with van der Waals surface area (Å²) in [6.45, 7) is 0. The van der Waals surface area contributed by atoms with Crippen LogP contribution in [0.15, 0.2) is 194 Å². The van der Waals surface area contributed by atoms with Gasteiger partial charge in [-0.05, 0) is 118 Å². The van der Waals surface area contributed by atoms with Crippen LogP contribution in [0, 0.1) is 23.2 Å². The van der Waals surface area contributed by atoms with Crippen molar-refractivity contribution in [1.82, 2.24) is 0 Å². The van der Waals surface area contributed by atoms with Gasteiger partial charge >= 0.3 is 5.97 Å². The zero-order chi connectivity index (χ0) is 39.4. The van der Waals surface area contributed by atoms with Crippen molar-refractivity contribution in [2.75, 3.05) is 9.80 Å². The maximum Gasteiger partial charge on any atom is 0.346 e. The Kier molecular flexibility index (Phi) is 9.68. The highest BCUT2D eigenvalue weighted by Crippen LogP contribution is 2.47. The second-order valence-corrected chi connectivity index (χ2v) is 14.7. The van der Waals surface area contributed by atoms with Crippen molar-refractivity contribution in [3.8, 4) is 17.9 Å². The minimum Gasteiger partial charge on any atom is -0.477 e. The Morgan fingerprint density at radius 1 is 0.500 bits per heavy atom. The number of carbonyl (C=O) groups is 1. The van der Waals surface area contributed by atoms with Gasteiger partial charge < -0.3 is 14.9 Å². The SMILES string of the molecule is N#C/C(=C/c1sc(C#Cc2ccccc2)c2c3ccc(N(c4ccccc4)c4ccccc4)cc3c3cc(N(c4ccccc4)c4ccccc4)ccc3c12)C(=O)O. The molecular formula is C52H33N3O2S. The molecule has 6 heteroatoms. The number of benzene rings is 8. The molecule has 58 heavy (non-hydrogen) atoms. The summed E-state index contributed by atoms with van der Waals surface area (Å²) in [5, 5.41) is 25.6. The Labute approximate surface area is 340 Å². The van der Waals surface area contributed by atoms with E-state index in [4.69, 9.17) is 0 Å². The van der Waals surface area contributed by atoms with Crippen LogP contribution in [-0.4, -0.2) is 11.1 Å². The third-order valence-electron chi connectivity index (χ3n) is 10.1. The van der Waals surface area contributed by atoms with Gasteiger partial charge in [0.15, 0.2) is 0 Å². The Bertz CT molecular complexity index is 3010. The average Bonchev–Trinajstić information content (AvgIpc) is 3.65. The number of hydrogen-bond donors (Lipinski definition) is 1. The molecule has 0 bridgehead atoms. The molecule has 0 radical (unpaired) electrons. The van der Waals surface area contributed by atoms with Crippen molar-refractivity contribution >= 4 is 89.8 Å². The van der Waals surface area contributed by atoms with Crippen molar-refractivity contribution in [3.05, 3.63) is 209 Å². The topological polar surface area (TPSA) is 67.6 Å². The van der Waals surface area contributed by atoms with Crippen LogP contribution in [0.5, 0.6) is 0 Å². The first-order valence-corrected chi connectivity index (χ1v) is 19.6. The standard InChI is InChI=1S/C52H33N3O2S/c53-35-37(52(56)57)32-49-51-45-30-28-43(55(40-22-12-4-13-23-40)41-24-14-5-15-25-41)34-47(45)46-33-42(54(38-18-8-2-9-19-38)39-20-10-3-11-21-39)27-29-44(46)50(51)48(58-49)31-26-36-16-6-1-7-17-36/h1-25,27-30,32-34H,(H,56,57)/b37-32-. The van der Waals surface area contributed by atoms with Crippen LogP contribution in [0.3, 0.4) is 0 Å². The van der Waals surface area contributed by atoms with Gasteiger partial charge in [0.05, 0.1) is 4.88 Å². The average molecular weight is 764 g/mol. The zero-order valence-corrected chi connectivity index (χ0v) is 31.9. The van der Waals surface area contributed by atoms with Gasteiger partial charge in [-0.2, -0.15) is 5.26 Å². The minimum atomic E-state index is -1.28. The molecule has 1 N–H and O–H groups in total. The molecule has 0 saturated heterocycles. The van der Waals surface area contributed by atoms with Gasteiger partial charge in [0, 0.05) is 55.3 Å². The molecule has 0 saturated carbocycles. The van der Waals surface area contributed by atoms with Crippen LogP contribution < -0.4 is 9.80 Å². The number of hydrogen-bond acceptors (Lipinski definition) is 5. The highest BCUT2D eigenvalue weighted by atomic mass is 32.1. The number of carboxylic acids is 1. The number of carboxylic acid groups (broad SMARTS) is 1. The third kappa shape index (κ3) is 6.82. The summed E-state index contributed by atoms with van der Waals surface area (Å²) in [5.41, 5.74) is 6.52. The molecule has 1 heterocycles. The van der Waals surface area contributed by atoms with Crippen LogP contribution in [0.1, 0.15) is 15.3 Å². The maximum atomic E-state index is 12.3. The van der Waals surface area contributed by atoms with Gasteiger partial charge in [0.1, 0.15) is 11.6 Å². The molecule has 0 atom stereocenters. The fourth-order valence-electron chi connectivity index (χ4n) is 7.51. The Balaban J connectivity index is 1.40. The molecule has 0 spiro atoms. The first kappa shape index (κ1) is 35.8. The number of fused-ring (bicyclic) bond motifs is 6. The van der Waals surface area contributed by atoms with Crippen molar-refractivity contribution in [1.29, 1.82) is 5.26 Å². The Hall–Kier alpha value is -7.90. The van der Waals surface area contributed by atoms with E-state index in [1.165, 1.54) is 17.4 Å². The second kappa shape index (κ2) is 15.7. The molecule has 0 aliphatic heterocycles. The fourth-order valence-corrected chi connectivity index (χ4v) is 8.64. The smallest absolute Gasteiger partial charge is 0.346 e. The summed E-state index contributed by atoms with van der Waals surface area (Å²) in [5.74, 6) is 5.52. The van der Waals surface area contributed by atoms with E-state index in [-0.39, 0.29) is 5.57 Å².